The van der Waals surface area contributed by atoms with Gasteiger partial charge in [0.05, 0.1) is 30.4 Å². The Morgan fingerprint density at radius 3 is 2.71 bits per heavy atom. The largest absolute Gasteiger partial charge is 0.467 e. The Balaban J connectivity index is 1.69. The molecule has 5 heteroatoms. The number of nitrogens with zero attached hydrogens (tertiary/aromatic N) is 3. The number of terminal acetylenes is 1. The van der Waals surface area contributed by atoms with Gasteiger partial charge in [-0.25, -0.2) is 4.98 Å². The molecule has 0 aliphatic heterocycles. The summed E-state index contributed by atoms with van der Waals surface area (Å²) in [5, 5.41) is 0. The third-order valence-electron chi connectivity index (χ3n) is 4.58. The molecule has 0 atom stereocenters. The van der Waals surface area contributed by atoms with Crippen molar-refractivity contribution in [1.29, 1.82) is 0 Å². The lowest BCUT2D eigenvalue weighted by molar-refractivity contribution is 0.0755. The number of hydrogen-bond donors (Lipinski definition) is 0. The number of furan rings is 1. The van der Waals surface area contributed by atoms with Crippen molar-refractivity contribution in [3.8, 4) is 18.0 Å². The van der Waals surface area contributed by atoms with Crippen LogP contribution in [0.4, 0.5) is 0 Å². The molecule has 0 N–H and O–H groups in total. The molecule has 0 spiro atoms. The first-order valence-corrected chi connectivity index (χ1v) is 8.97. The van der Waals surface area contributed by atoms with Gasteiger partial charge in [0, 0.05) is 11.3 Å². The van der Waals surface area contributed by atoms with Crippen LogP contribution in [0.2, 0.25) is 0 Å². The number of aryl methyl sites for hydroxylation is 1. The van der Waals surface area contributed by atoms with Crippen LogP contribution in [0, 0.1) is 19.3 Å². The van der Waals surface area contributed by atoms with Crippen molar-refractivity contribution >= 4 is 16.9 Å². The Morgan fingerprint density at radius 1 is 1.18 bits per heavy atom. The number of para-hydroxylation sites is 1. The lowest BCUT2D eigenvalue weighted by atomic mass is 10.1. The summed E-state index contributed by atoms with van der Waals surface area (Å²) in [5.41, 5.74) is 3.31. The molecule has 0 saturated carbocycles. The molecule has 5 nitrogen and oxygen atoms in total. The Bertz CT molecular complexity index is 1150. The maximum atomic E-state index is 13.0. The molecule has 4 rings (SSSR count). The zero-order valence-corrected chi connectivity index (χ0v) is 15.5. The second-order valence-electron chi connectivity index (χ2n) is 6.48. The van der Waals surface area contributed by atoms with E-state index in [1.807, 2.05) is 61.5 Å². The maximum Gasteiger partial charge on any atom is 0.255 e. The van der Waals surface area contributed by atoms with Crippen LogP contribution in [0.15, 0.2) is 71.3 Å². The van der Waals surface area contributed by atoms with E-state index < -0.39 is 0 Å². The number of rotatable bonds is 5. The number of hydrogen-bond acceptors (Lipinski definition) is 3. The van der Waals surface area contributed by atoms with Crippen LogP contribution in [0.1, 0.15) is 21.9 Å². The van der Waals surface area contributed by atoms with Gasteiger partial charge in [0.15, 0.2) is 0 Å². The van der Waals surface area contributed by atoms with E-state index in [1.165, 1.54) is 0 Å². The highest BCUT2D eigenvalue weighted by molar-refractivity contribution is 5.97. The average Bonchev–Trinajstić information content (AvgIpc) is 3.33. The van der Waals surface area contributed by atoms with Crippen molar-refractivity contribution in [3.63, 3.8) is 0 Å². The first-order valence-electron chi connectivity index (χ1n) is 8.97. The SMILES string of the molecule is C#CCN(Cc1ccco1)C(=O)c1ccc2c(c1)nc(C)n2-c1ccccc1. The number of imidazole rings is 1. The van der Waals surface area contributed by atoms with Crippen molar-refractivity contribution in [2.75, 3.05) is 6.54 Å². The van der Waals surface area contributed by atoms with E-state index in [-0.39, 0.29) is 12.5 Å². The molecule has 0 bridgehead atoms. The second-order valence-corrected chi connectivity index (χ2v) is 6.48. The van der Waals surface area contributed by atoms with E-state index in [9.17, 15) is 4.79 Å². The summed E-state index contributed by atoms with van der Waals surface area (Å²) < 4.78 is 7.43. The first-order chi connectivity index (χ1) is 13.7. The summed E-state index contributed by atoms with van der Waals surface area (Å²) in [6, 6.07) is 19.2. The zero-order chi connectivity index (χ0) is 19.5. The van der Waals surface area contributed by atoms with Crippen molar-refractivity contribution in [1.82, 2.24) is 14.5 Å². The molecule has 1 amide bonds. The Labute approximate surface area is 163 Å². The summed E-state index contributed by atoms with van der Waals surface area (Å²) in [4.78, 5) is 19.3. The standard InChI is InChI=1S/C23H19N3O2/c1-3-13-25(16-20-10-7-14-28-20)23(27)18-11-12-22-21(15-18)24-17(2)26(22)19-8-5-4-6-9-19/h1,4-12,14-15H,13,16H2,2H3. The van der Waals surface area contributed by atoms with Crippen LogP contribution in [0.5, 0.6) is 0 Å². The lowest BCUT2D eigenvalue weighted by Gasteiger charge is -2.19. The van der Waals surface area contributed by atoms with Crippen molar-refractivity contribution in [3.05, 3.63) is 84.1 Å². The van der Waals surface area contributed by atoms with Gasteiger partial charge in [0.25, 0.3) is 5.91 Å². The second kappa shape index (κ2) is 7.45. The molecule has 0 unspecified atom stereocenters. The van der Waals surface area contributed by atoms with Crippen LogP contribution in [-0.2, 0) is 6.54 Å². The van der Waals surface area contributed by atoms with Crippen LogP contribution in [-0.4, -0.2) is 26.9 Å². The molecule has 2 aromatic heterocycles. The molecule has 0 fully saturated rings. The molecule has 4 aromatic rings. The van der Waals surface area contributed by atoms with Crippen LogP contribution < -0.4 is 0 Å². The van der Waals surface area contributed by atoms with Gasteiger partial charge in [-0.1, -0.05) is 24.1 Å². The summed E-state index contributed by atoms with van der Waals surface area (Å²) in [6.07, 6.45) is 7.04. The van der Waals surface area contributed by atoms with Crippen LogP contribution >= 0.6 is 0 Å². The summed E-state index contributed by atoms with van der Waals surface area (Å²) in [5.74, 6) is 3.95. The van der Waals surface area contributed by atoms with E-state index in [4.69, 9.17) is 10.8 Å². The highest BCUT2D eigenvalue weighted by Crippen LogP contribution is 2.23. The highest BCUT2D eigenvalue weighted by Gasteiger charge is 2.18. The van der Waals surface area contributed by atoms with Crippen molar-refractivity contribution in [2.45, 2.75) is 13.5 Å². The molecule has 0 aliphatic carbocycles. The highest BCUT2D eigenvalue weighted by atomic mass is 16.3. The summed E-state index contributed by atoms with van der Waals surface area (Å²) >= 11 is 0. The van der Waals surface area contributed by atoms with E-state index in [0.717, 1.165) is 22.5 Å². The normalized spacial score (nSPS) is 10.7. The number of benzene rings is 2. The van der Waals surface area contributed by atoms with Gasteiger partial charge in [-0.05, 0) is 49.4 Å². The van der Waals surface area contributed by atoms with Gasteiger partial charge >= 0.3 is 0 Å². The fraction of sp³-hybridized carbons (Fsp3) is 0.130. The molecular weight excluding hydrogens is 350 g/mol. The monoisotopic (exact) mass is 369 g/mol. The fourth-order valence-corrected chi connectivity index (χ4v) is 3.32. The topological polar surface area (TPSA) is 51.3 Å². The number of amides is 1. The molecular formula is C23H19N3O2. The number of carbonyl (C=O) groups excluding carboxylic acids is 1. The van der Waals surface area contributed by atoms with E-state index in [1.54, 1.807) is 17.2 Å². The first kappa shape index (κ1) is 17.6. The van der Waals surface area contributed by atoms with Gasteiger partial charge < -0.3 is 9.32 Å². The molecule has 2 aromatic carbocycles. The van der Waals surface area contributed by atoms with E-state index >= 15 is 0 Å². The number of carbonyl (C=O) groups is 1. The van der Waals surface area contributed by atoms with Crippen LogP contribution in [0.25, 0.3) is 16.7 Å². The molecule has 2 heterocycles. The Hall–Kier alpha value is -3.78. The van der Waals surface area contributed by atoms with Crippen LogP contribution in [0.3, 0.4) is 0 Å². The predicted molar refractivity (Wildman–Crippen MR) is 108 cm³/mol. The molecule has 0 saturated heterocycles. The van der Waals surface area contributed by atoms with E-state index in [0.29, 0.717) is 17.9 Å². The predicted octanol–water partition coefficient (Wildman–Crippen LogP) is 4.20. The quantitative estimate of drug-likeness (QED) is 0.495. The fourth-order valence-electron chi connectivity index (χ4n) is 3.32. The average molecular weight is 369 g/mol. The van der Waals surface area contributed by atoms with Gasteiger partial charge in [-0.2, -0.15) is 0 Å². The molecule has 28 heavy (non-hydrogen) atoms. The molecule has 0 radical (unpaired) electrons. The lowest BCUT2D eigenvalue weighted by Crippen LogP contribution is -2.30. The van der Waals surface area contributed by atoms with Gasteiger partial charge in [-0.15, -0.1) is 6.42 Å². The third kappa shape index (κ3) is 3.28. The zero-order valence-electron chi connectivity index (χ0n) is 15.5. The minimum atomic E-state index is -0.150. The van der Waals surface area contributed by atoms with E-state index in [2.05, 4.69) is 15.5 Å². The maximum absolute atomic E-state index is 13.0. The van der Waals surface area contributed by atoms with Gasteiger partial charge in [0.1, 0.15) is 11.6 Å². The molecule has 0 aliphatic rings. The number of fused-ring (bicyclic) bond motifs is 1. The third-order valence-corrected chi connectivity index (χ3v) is 4.58. The summed E-state index contributed by atoms with van der Waals surface area (Å²) in [6.45, 7) is 2.48. The van der Waals surface area contributed by atoms with Gasteiger partial charge in [0.2, 0.25) is 0 Å². The Morgan fingerprint density at radius 2 is 2.00 bits per heavy atom. The minimum absolute atomic E-state index is 0.150. The molecule has 138 valence electrons. The number of aromatic nitrogens is 2. The van der Waals surface area contributed by atoms with Crippen molar-refractivity contribution in [2.24, 2.45) is 0 Å². The minimum Gasteiger partial charge on any atom is -0.467 e. The smallest absolute Gasteiger partial charge is 0.255 e. The van der Waals surface area contributed by atoms with Gasteiger partial charge in [-0.3, -0.25) is 9.36 Å². The van der Waals surface area contributed by atoms with Crippen molar-refractivity contribution < 1.29 is 9.21 Å². The summed E-state index contributed by atoms with van der Waals surface area (Å²) in [7, 11) is 0. The Kier molecular flexibility index (Phi) is 4.69.